The predicted molar refractivity (Wildman–Crippen MR) is 137 cm³/mol. The molecule has 5 rings (SSSR count). The van der Waals surface area contributed by atoms with Crippen molar-refractivity contribution >= 4 is 17.4 Å². The molecule has 0 atom stereocenters. The van der Waals surface area contributed by atoms with Crippen molar-refractivity contribution in [3.63, 3.8) is 0 Å². The number of hydrogen-bond acceptors (Lipinski definition) is 3. The molecule has 0 unspecified atom stereocenters. The van der Waals surface area contributed by atoms with Gasteiger partial charge >= 0.3 is 0 Å². The van der Waals surface area contributed by atoms with Gasteiger partial charge in [0.15, 0.2) is 5.82 Å². The zero-order valence-corrected chi connectivity index (χ0v) is 20.6. The topological polar surface area (TPSA) is 55.1 Å². The quantitative estimate of drug-likeness (QED) is 0.390. The molecule has 3 heterocycles. The molecule has 8 heteroatoms. The molecule has 186 valence electrons. The molecule has 1 aliphatic heterocycles. The summed E-state index contributed by atoms with van der Waals surface area (Å²) >= 11 is 0. The summed E-state index contributed by atoms with van der Waals surface area (Å²) in [7, 11) is 0. The molecule has 0 spiro atoms. The van der Waals surface area contributed by atoms with Crippen LogP contribution in [0.15, 0.2) is 60.7 Å². The maximum Gasteiger partial charge on any atom is 0.227 e. The molecular formula is C28H29F2N5O. The van der Waals surface area contributed by atoms with Crippen LogP contribution in [-0.2, 0) is 4.79 Å². The van der Waals surface area contributed by atoms with E-state index in [0.29, 0.717) is 25.9 Å². The summed E-state index contributed by atoms with van der Waals surface area (Å²) in [6.45, 7) is 7.49. The van der Waals surface area contributed by atoms with Gasteiger partial charge < -0.3 is 14.8 Å². The fourth-order valence-corrected chi connectivity index (χ4v) is 5.00. The van der Waals surface area contributed by atoms with E-state index in [1.807, 2.05) is 41.9 Å². The van der Waals surface area contributed by atoms with Gasteiger partial charge in [0.1, 0.15) is 17.3 Å². The molecule has 0 radical (unpaired) electrons. The lowest BCUT2D eigenvalue weighted by Crippen LogP contribution is -2.39. The number of aryl methyl sites for hydroxylation is 3. The minimum Gasteiger partial charge on any atom is -0.355 e. The molecule has 1 amide bonds. The zero-order valence-electron chi connectivity index (χ0n) is 20.6. The summed E-state index contributed by atoms with van der Waals surface area (Å²) in [5.74, 6) is -0.966. The van der Waals surface area contributed by atoms with Crippen LogP contribution < -0.4 is 10.2 Å². The number of hydrogen-bond donors (Lipinski definition) is 1. The molecule has 1 saturated heterocycles. The first-order valence-corrected chi connectivity index (χ1v) is 12.1. The minimum absolute atomic E-state index is 0.00227. The number of aromatic nitrogens is 3. The molecule has 0 aliphatic carbocycles. The molecule has 1 N–H and O–H groups in total. The van der Waals surface area contributed by atoms with Gasteiger partial charge in [-0.2, -0.15) is 5.10 Å². The van der Waals surface area contributed by atoms with Gasteiger partial charge in [-0.1, -0.05) is 18.2 Å². The summed E-state index contributed by atoms with van der Waals surface area (Å²) in [4.78, 5) is 15.2. The number of halogens is 2. The van der Waals surface area contributed by atoms with Gasteiger partial charge in [0.05, 0.1) is 17.1 Å². The second kappa shape index (κ2) is 9.60. The predicted octanol–water partition coefficient (Wildman–Crippen LogP) is 5.72. The van der Waals surface area contributed by atoms with Crippen LogP contribution in [0.1, 0.15) is 29.9 Å². The Hall–Kier alpha value is -3.94. The first-order chi connectivity index (χ1) is 17.3. The lowest BCUT2D eigenvalue weighted by Gasteiger charge is -2.34. The number of rotatable bonds is 5. The molecule has 6 nitrogen and oxygen atoms in total. The largest absolute Gasteiger partial charge is 0.355 e. The van der Waals surface area contributed by atoms with E-state index < -0.39 is 11.6 Å². The Morgan fingerprint density at radius 3 is 2.25 bits per heavy atom. The van der Waals surface area contributed by atoms with Crippen molar-refractivity contribution < 1.29 is 13.6 Å². The van der Waals surface area contributed by atoms with Gasteiger partial charge in [0, 0.05) is 36.5 Å². The number of benzene rings is 2. The van der Waals surface area contributed by atoms with E-state index in [1.54, 1.807) is 0 Å². The number of nitrogens with one attached hydrogen (secondary N) is 1. The van der Waals surface area contributed by atoms with Crippen molar-refractivity contribution in [2.24, 2.45) is 5.92 Å². The lowest BCUT2D eigenvalue weighted by molar-refractivity contribution is -0.120. The Balaban J connectivity index is 1.43. The van der Waals surface area contributed by atoms with Gasteiger partial charge in [-0.15, -0.1) is 0 Å². The first-order valence-electron chi connectivity index (χ1n) is 12.1. The monoisotopic (exact) mass is 489 g/mol. The highest BCUT2D eigenvalue weighted by atomic mass is 19.1. The second-order valence-corrected chi connectivity index (χ2v) is 9.33. The molecule has 1 fully saturated rings. The maximum absolute atomic E-state index is 14.0. The lowest BCUT2D eigenvalue weighted by atomic mass is 9.95. The third-order valence-electron chi connectivity index (χ3n) is 6.85. The summed E-state index contributed by atoms with van der Waals surface area (Å²) in [6, 6.07) is 17.4. The third-order valence-corrected chi connectivity index (χ3v) is 6.85. The van der Waals surface area contributed by atoms with Crippen LogP contribution in [0.3, 0.4) is 0 Å². The first kappa shape index (κ1) is 23.8. The molecule has 2 aromatic heterocycles. The number of para-hydroxylation sites is 1. The van der Waals surface area contributed by atoms with Crippen LogP contribution in [0.25, 0.3) is 11.4 Å². The fourth-order valence-electron chi connectivity index (χ4n) is 5.00. The average molecular weight is 490 g/mol. The van der Waals surface area contributed by atoms with Crippen LogP contribution >= 0.6 is 0 Å². The fraction of sp³-hybridized carbons (Fsp3) is 0.286. The number of nitrogens with zero attached hydrogens (tertiary/aromatic N) is 4. The molecule has 36 heavy (non-hydrogen) atoms. The van der Waals surface area contributed by atoms with Crippen molar-refractivity contribution in [3.8, 4) is 11.4 Å². The van der Waals surface area contributed by atoms with E-state index in [-0.39, 0.29) is 17.5 Å². The summed E-state index contributed by atoms with van der Waals surface area (Å²) in [6.07, 6.45) is 1.22. The Morgan fingerprint density at radius 2 is 1.61 bits per heavy atom. The highest BCUT2D eigenvalue weighted by Crippen LogP contribution is 2.35. The SMILES string of the molecule is Cc1nn(-c2ccccc2)c(N2CCC(C(=O)Nc3ccc(F)cc3F)CC2)c1-n1c(C)ccc1C. The highest BCUT2D eigenvalue weighted by molar-refractivity contribution is 5.92. The van der Waals surface area contributed by atoms with Crippen molar-refractivity contribution in [2.45, 2.75) is 33.6 Å². The van der Waals surface area contributed by atoms with E-state index in [2.05, 4.69) is 40.8 Å². The van der Waals surface area contributed by atoms with Crippen LogP contribution in [0.4, 0.5) is 20.3 Å². The van der Waals surface area contributed by atoms with E-state index in [1.165, 1.54) is 6.07 Å². The van der Waals surface area contributed by atoms with Crippen LogP contribution in [0.2, 0.25) is 0 Å². The summed E-state index contributed by atoms with van der Waals surface area (Å²) in [5, 5.41) is 7.55. The van der Waals surface area contributed by atoms with Crippen LogP contribution in [-0.4, -0.2) is 33.3 Å². The van der Waals surface area contributed by atoms with Gasteiger partial charge in [-0.3, -0.25) is 4.79 Å². The smallest absolute Gasteiger partial charge is 0.227 e. The Kier molecular flexibility index (Phi) is 6.35. The van der Waals surface area contributed by atoms with Gasteiger partial charge in [0.25, 0.3) is 0 Å². The Labute approximate surface area is 209 Å². The number of carbonyl (C=O) groups excluding carboxylic acids is 1. The molecule has 4 aromatic rings. The van der Waals surface area contributed by atoms with Crippen molar-refractivity contribution in [1.82, 2.24) is 14.3 Å². The number of carbonyl (C=O) groups is 1. The number of piperidine rings is 1. The van der Waals surface area contributed by atoms with Crippen molar-refractivity contribution in [3.05, 3.63) is 89.4 Å². The third kappa shape index (κ3) is 4.39. The average Bonchev–Trinajstić information content (AvgIpc) is 3.38. The molecule has 0 bridgehead atoms. The zero-order chi connectivity index (χ0) is 25.4. The number of anilines is 2. The number of amides is 1. The second-order valence-electron chi connectivity index (χ2n) is 9.33. The van der Waals surface area contributed by atoms with Gasteiger partial charge in [-0.05, 0) is 70.0 Å². The van der Waals surface area contributed by atoms with E-state index in [0.717, 1.165) is 46.4 Å². The standard InChI is InChI=1S/C28H29F2N5O/c1-18-9-10-19(2)34(18)26-20(3)32-35(23-7-5-4-6-8-23)28(26)33-15-13-21(14-16-33)27(36)31-25-12-11-22(29)17-24(25)30/h4-12,17,21H,13-16H2,1-3H3,(H,31,36). The normalized spacial score (nSPS) is 14.3. The van der Waals surface area contributed by atoms with Crippen molar-refractivity contribution in [1.29, 1.82) is 0 Å². The Bertz CT molecular complexity index is 1380. The van der Waals surface area contributed by atoms with Crippen LogP contribution in [0.5, 0.6) is 0 Å². The Morgan fingerprint density at radius 1 is 0.944 bits per heavy atom. The summed E-state index contributed by atoms with van der Waals surface area (Å²) < 4.78 is 31.5. The van der Waals surface area contributed by atoms with Gasteiger partial charge in [0.2, 0.25) is 5.91 Å². The van der Waals surface area contributed by atoms with E-state index in [4.69, 9.17) is 5.10 Å². The molecular weight excluding hydrogens is 460 g/mol. The van der Waals surface area contributed by atoms with Crippen molar-refractivity contribution in [2.75, 3.05) is 23.3 Å². The molecule has 2 aromatic carbocycles. The molecule has 0 saturated carbocycles. The minimum atomic E-state index is -0.773. The highest BCUT2D eigenvalue weighted by Gasteiger charge is 2.31. The summed E-state index contributed by atoms with van der Waals surface area (Å²) in [5.41, 5.74) is 5.18. The van der Waals surface area contributed by atoms with Gasteiger partial charge in [-0.25, -0.2) is 13.5 Å². The molecule has 1 aliphatic rings. The maximum atomic E-state index is 14.0. The van der Waals surface area contributed by atoms with E-state index >= 15 is 0 Å². The van der Waals surface area contributed by atoms with Crippen LogP contribution in [0, 0.1) is 38.3 Å². The van der Waals surface area contributed by atoms with E-state index in [9.17, 15) is 13.6 Å².